The molecule has 0 saturated carbocycles. The first-order valence-corrected chi connectivity index (χ1v) is 12.2. The molecular formula is C23H24FN5OS2. The van der Waals surface area contributed by atoms with Crippen molar-refractivity contribution in [3.05, 3.63) is 71.4 Å². The van der Waals surface area contributed by atoms with E-state index in [0.717, 1.165) is 21.7 Å². The highest BCUT2D eigenvalue weighted by Crippen LogP contribution is 2.36. The lowest BCUT2D eigenvalue weighted by atomic mass is 10.00. The van der Waals surface area contributed by atoms with E-state index in [4.69, 9.17) is 4.99 Å². The minimum atomic E-state index is -0.184. The maximum absolute atomic E-state index is 13.4. The average Bonchev–Trinajstić information content (AvgIpc) is 3.25. The number of rotatable bonds is 8. The summed E-state index contributed by atoms with van der Waals surface area (Å²) in [6.07, 6.45) is 3.93. The molecule has 0 radical (unpaired) electrons. The number of nitrogens with zero attached hydrogens (tertiary/aromatic N) is 3. The number of aliphatic imine (C=N–C) groups is 1. The first-order chi connectivity index (χ1) is 15.6. The molecule has 1 unspecified atom stereocenters. The normalized spacial score (nSPS) is 15.2. The number of amides is 1. The van der Waals surface area contributed by atoms with E-state index < -0.39 is 0 Å². The van der Waals surface area contributed by atoms with Crippen molar-refractivity contribution in [1.29, 1.82) is 0 Å². The summed E-state index contributed by atoms with van der Waals surface area (Å²) in [5, 5.41) is 10.7. The number of nitrogens with one attached hydrogen (secondary N) is 2. The van der Waals surface area contributed by atoms with Gasteiger partial charge in [0.1, 0.15) is 11.1 Å². The molecule has 0 bridgehead atoms. The van der Waals surface area contributed by atoms with E-state index in [0.29, 0.717) is 35.8 Å². The molecular weight excluding hydrogens is 445 g/mol. The third-order valence-electron chi connectivity index (χ3n) is 5.34. The highest BCUT2D eigenvalue weighted by molar-refractivity contribution is 7.98. The van der Waals surface area contributed by atoms with Crippen LogP contribution in [0, 0.1) is 6.92 Å². The van der Waals surface area contributed by atoms with Crippen LogP contribution in [0.5, 0.6) is 0 Å². The molecule has 2 heterocycles. The van der Waals surface area contributed by atoms with Gasteiger partial charge < -0.3 is 5.32 Å². The lowest BCUT2D eigenvalue weighted by molar-refractivity contribution is 0.0953. The van der Waals surface area contributed by atoms with Crippen LogP contribution >= 0.6 is 23.9 Å². The van der Waals surface area contributed by atoms with Gasteiger partial charge in [-0.25, -0.2) is 9.67 Å². The predicted octanol–water partition coefficient (Wildman–Crippen LogP) is 4.93. The van der Waals surface area contributed by atoms with Gasteiger partial charge in [0.05, 0.1) is 24.1 Å². The SMILES string of the molecule is CSc1ccc(C(=O)NCCNC2CC(c3ccccc3C)=Nc3c(SF)cnn32)cc1. The molecule has 1 aliphatic heterocycles. The van der Waals surface area contributed by atoms with Crippen LogP contribution in [0.15, 0.2) is 69.5 Å². The van der Waals surface area contributed by atoms with E-state index >= 15 is 0 Å². The highest BCUT2D eigenvalue weighted by atomic mass is 32.2. The number of carbonyl (C=O) groups excluding carboxylic acids is 1. The van der Waals surface area contributed by atoms with Gasteiger partial charge in [-0.15, -0.1) is 11.8 Å². The Hall–Kier alpha value is -2.62. The molecule has 2 aromatic carbocycles. The fourth-order valence-electron chi connectivity index (χ4n) is 3.66. The molecule has 0 saturated heterocycles. The fourth-order valence-corrected chi connectivity index (χ4v) is 4.36. The largest absolute Gasteiger partial charge is 0.351 e. The van der Waals surface area contributed by atoms with Gasteiger partial charge >= 0.3 is 0 Å². The van der Waals surface area contributed by atoms with Gasteiger partial charge in [0.2, 0.25) is 0 Å². The Bertz CT molecular complexity index is 1130. The van der Waals surface area contributed by atoms with Crippen LogP contribution in [0.2, 0.25) is 0 Å². The van der Waals surface area contributed by atoms with Gasteiger partial charge in [-0.2, -0.15) is 8.98 Å². The monoisotopic (exact) mass is 469 g/mol. The summed E-state index contributed by atoms with van der Waals surface area (Å²) in [7, 11) is 0. The van der Waals surface area contributed by atoms with Crippen molar-refractivity contribution in [3.63, 3.8) is 0 Å². The van der Waals surface area contributed by atoms with Crippen LogP contribution < -0.4 is 10.6 Å². The van der Waals surface area contributed by atoms with Crippen LogP contribution in [-0.2, 0) is 0 Å². The van der Waals surface area contributed by atoms with Crippen LogP contribution in [0.4, 0.5) is 9.70 Å². The number of aryl methyl sites for hydroxylation is 1. The molecule has 1 atom stereocenters. The van der Waals surface area contributed by atoms with E-state index in [1.165, 1.54) is 6.20 Å². The summed E-state index contributed by atoms with van der Waals surface area (Å²) in [5.74, 6) is 0.401. The second-order valence-electron chi connectivity index (χ2n) is 7.39. The molecule has 9 heteroatoms. The second-order valence-corrected chi connectivity index (χ2v) is 8.86. The fraction of sp³-hybridized carbons (Fsp3) is 0.261. The molecule has 1 aliphatic rings. The molecule has 0 spiro atoms. The standard InChI is InChI=1S/C23H24FN5OS2/c1-15-5-3-4-6-18(15)19-13-21(29-22(28-19)20(32-24)14-27-29)25-11-12-26-23(30)16-7-9-17(31-2)10-8-16/h3-10,14,21,25H,11-13H2,1-2H3,(H,26,30). The zero-order valence-electron chi connectivity index (χ0n) is 17.8. The number of thioether (sulfide) groups is 1. The van der Waals surface area contributed by atoms with Crippen LogP contribution in [-0.4, -0.2) is 40.7 Å². The zero-order valence-corrected chi connectivity index (χ0v) is 19.5. The van der Waals surface area contributed by atoms with Gasteiger partial charge in [-0.3, -0.25) is 10.1 Å². The summed E-state index contributed by atoms with van der Waals surface area (Å²) in [6.45, 7) is 3.04. The lowest BCUT2D eigenvalue weighted by Gasteiger charge is -2.26. The van der Waals surface area contributed by atoms with Gasteiger partial charge in [-0.05, 0) is 48.6 Å². The number of halogens is 1. The number of hydrogen-bond acceptors (Lipinski definition) is 6. The molecule has 3 aromatic rings. The Morgan fingerprint density at radius 2 is 1.97 bits per heavy atom. The van der Waals surface area contributed by atoms with E-state index in [9.17, 15) is 8.68 Å². The third kappa shape index (κ3) is 4.90. The van der Waals surface area contributed by atoms with Crippen molar-refractivity contribution in [2.45, 2.75) is 29.3 Å². The molecule has 2 N–H and O–H groups in total. The number of benzene rings is 2. The average molecular weight is 470 g/mol. The van der Waals surface area contributed by atoms with Crippen molar-refractivity contribution in [2.24, 2.45) is 4.99 Å². The number of aromatic nitrogens is 2. The molecule has 1 aromatic heterocycles. The van der Waals surface area contributed by atoms with E-state index in [2.05, 4.69) is 15.7 Å². The van der Waals surface area contributed by atoms with Gasteiger partial charge in [0.15, 0.2) is 5.82 Å². The van der Waals surface area contributed by atoms with E-state index in [-0.39, 0.29) is 24.2 Å². The number of hydrogen-bond donors (Lipinski definition) is 2. The Labute approximate surface area is 195 Å². The third-order valence-corrected chi connectivity index (χ3v) is 6.54. The Morgan fingerprint density at radius 3 is 2.69 bits per heavy atom. The van der Waals surface area contributed by atoms with Crippen LogP contribution in [0.1, 0.15) is 34.1 Å². The highest BCUT2D eigenvalue weighted by Gasteiger charge is 2.27. The topological polar surface area (TPSA) is 71.3 Å². The minimum Gasteiger partial charge on any atom is -0.351 e. The van der Waals surface area contributed by atoms with Crippen molar-refractivity contribution >= 4 is 41.3 Å². The van der Waals surface area contributed by atoms with Crippen molar-refractivity contribution in [1.82, 2.24) is 20.4 Å². The zero-order chi connectivity index (χ0) is 22.5. The van der Waals surface area contributed by atoms with E-state index in [1.54, 1.807) is 16.4 Å². The maximum atomic E-state index is 13.4. The summed E-state index contributed by atoms with van der Waals surface area (Å²) < 4.78 is 15.1. The number of carbonyl (C=O) groups is 1. The first kappa shape index (κ1) is 22.6. The Balaban J connectivity index is 1.42. The smallest absolute Gasteiger partial charge is 0.251 e. The van der Waals surface area contributed by atoms with E-state index in [1.807, 2.05) is 61.7 Å². The number of fused-ring (bicyclic) bond motifs is 1. The lowest BCUT2D eigenvalue weighted by Crippen LogP contribution is -2.37. The summed E-state index contributed by atoms with van der Waals surface area (Å²) in [4.78, 5) is 18.6. The van der Waals surface area contributed by atoms with Gasteiger partial charge in [0.25, 0.3) is 5.91 Å². The molecule has 166 valence electrons. The summed E-state index contributed by atoms with van der Waals surface area (Å²) >= 11 is 1.79. The molecule has 0 aliphatic carbocycles. The van der Waals surface area contributed by atoms with Gasteiger partial charge in [0, 0.05) is 30.0 Å². The molecule has 1 amide bonds. The van der Waals surface area contributed by atoms with Gasteiger partial charge in [-0.1, -0.05) is 24.3 Å². The molecule has 4 rings (SSSR count). The van der Waals surface area contributed by atoms with Crippen LogP contribution in [0.25, 0.3) is 0 Å². The maximum Gasteiger partial charge on any atom is 0.251 e. The van der Waals surface area contributed by atoms with Crippen molar-refractivity contribution in [3.8, 4) is 0 Å². The van der Waals surface area contributed by atoms with Crippen molar-refractivity contribution in [2.75, 3.05) is 19.3 Å². The summed E-state index contributed by atoms with van der Waals surface area (Å²) in [5.41, 5.74) is 3.69. The molecule has 32 heavy (non-hydrogen) atoms. The Morgan fingerprint density at radius 1 is 1.19 bits per heavy atom. The minimum absolute atomic E-state index is 0.110. The molecule has 0 fully saturated rings. The van der Waals surface area contributed by atoms with Crippen LogP contribution in [0.3, 0.4) is 0 Å². The predicted molar refractivity (Wildman–Crippen MR) is 129 cm³/mol. The second kappa shape index (κ2) is 10.3. The molecule has 6 nitrogen and oxygen atoms in total. The first-order valence-electron chi connectivity index (χ1n) is 10.3. The quantitative estimate of drug-likeness (QED) is 0.361. The summed E-state index contributed by atoms with van der Waals surface area (Å²) in [6, 6.07) is 15.6. The van der Waals surface area contributed by atoms with Crippen molar-refractivity contribution < 1.29 is 8.68 Å². The Kier molecular flexibility index (Phi) is 7.29.